The number of rotatable bonds is 3. The molecule has 1 amide bonds. The lowest BCUT2D eigenvalue weighted by Crippen LogP contribution is -2.25. The number of pyridine rings is 1. The molecule has 0 atom stereocenters. The quantitative estimate of drug-likeness (QED) is 0.774. The first-order valence-electron chi connectivity index (χ1n) is 9.60. The van der Waals surface area contributed by atoms with E-state index in [0.29, 0.717) is 12.1 Å². The lowest BCUT2D eigenvalue weighted by molar-refractivity contribution is 0.0951. The van der Waals surface area contributed by atoms with Crippen molar-refractivity contribution >= 4 is 16.8 Å². The molecule has 6 nitrogen and oxygen atoms in total. The van der Waals surface area contributed by atoms with Crippen LogP contribution in [0.15, 0.2) is 18.2 Å². The van der Waals surface area contributed by atoms with Crippen molar-refractivity contribution in [3.8, 4) is 0 Å². The Hall–Kier alpha value is -2.76. The highest BCUT2D eigenvalue weighted by Gasteiger charge is 2.18. The van der Waals surface area contributed by atoms with Gasteiger partial charge in [0.25, 0.3) is 5.91 Å². The van der Waals surface area contributed by atoms with Gasteiger partial charge in [0.05, 0.1) is 17.6 Å². The molecule has 0 saturated carbocycles. The van der Waals surface area contributed by atoms with Gasteiger partial charge in [-0.15, -0.1) is 10.2 Å². The van der Waals surface area contributed by atoms with Gasteiger partial charge >= 0.3 is 0 Å². The second-order valence-electron chi connectivity index (χ2n) is 7.46. The average molecular weight is 363 g/mol. The highest BCUT2D eigenvalue weighted by molar-refractivity contribution is 6.07. The summed E-state index contributed by atoms with van der Waals surface area (Å²) in [7, 11) is 0. The number of nitrogens with one attached hydrogen (secondary N) is 1. The van der Waals surface area contributed by atoms with E-state index in [-0.39, 0.29) is 5.91 Å². The molecule has 0 spiro atoms. The molecular formula is C21H25N5O. The lowest BCUT2D eigenvalue weighted by atomic mass is 10.00. The number of aromatic nitrogens is 4. The molecule has 1 aliphatic rings. The Kier molecular flexibility index (Phi) is 4.64. The maximum atomic E-state index is 13.0. The predicted octanol–water partition coefficient (Wildman–Crippen LogP) is 3.41. The zero-order valence-electron chi connectivity index (χ0n) is 16.2. The fourth-order valence-electron chi connectivity index (χ4n) is 4.00. The summed E-state index contributed by atoms with van der Waals surface area (Å²) < 4.78 is 2.16. The first kappa shape index (κ1) is 17.6. The van der Waals surface area contributed by atoms with Crippen molar-refractivity contribution in [2.24, 2.45) is 0 Å². The monoisotopic (exact) mass is 363 g/mol. The van der Waals surface area contributed by atoms with Gasteiger partial charge in [-0.05, 0) is 56.9 Å². The molecule has 0 unspecified atom stereocenters. The van der Waals surface area contributed by atoms with E-state index in [9.17, 15) is 4.79 Å². The van der Waals surface area contributed by atoms with Crippen LogP contribution in [0.25, 0.3) is 10.9 Å². The lowest BCUT2D eigenvalue weighted by Gasteiger charge is -2.12. The second kappa shape index (κ2) is 7.10. The van der Waals surface area contributed by atoms with E-state index in [1.54, 1.807) is 0 Å². The SMILES string of the molecule is Cc1cc(C)c2c(C(=O)NCc3nnc4n3CCCCC4)cc(C)nc2c1. The van der Waals surface area contributed by atoms with E-state index in [1.807, 2.05) is 32.9 Å². The number of hydrogen-bond donors (Lipinski definition) is 1. The Balaban J connectivity index is 1.62. The van der Waals surface area contributed by atoms with E-state index in [4.69, 9.17) is 0 Å². The van der Waals surface area contributed by atoms with Gasteiger partial charge in [-0.25, -0.2) is 0 Å². The summed E-state index contributed by atoms with van der Waals surface area (Å²) in [4.78, 5) is 17.6. The first-order chi connectivity index (χ1) is 13.0. The molecule has 140 valence electrons. The molecule has 3 heterocycles. The molecule has 0 fully saturated rings. The summed E-state index contributed by atoms with van der Waals surface area (Å²) in [5.74, 6) is 1.78. The fraction of sp³-hybridized carbons (Fsp3) is 0.429. The third kappa shape index (κ3) is 3.44. The summed E-state index contributed by atoms with van der Waals surface area (Å²) >= 11 is 0. The number of carbonyl (C=O) groups excluding carboxylic acids is 1. The largest absolute Gasteiger partial charge is 0.345 e. The molecule has 4 rings (SSSR count). The van der Waals surface area contributed by atoms with Crippen LogP contribution in [0.5, 0.6) is 0 Å². The zero-order valence-corrected chi connectivity index (χ0v) is 16.2. The molecule has 0 aliphatic carbocycles. The topological polar surface area (TPSA) is 72.7 Å². The van der Waals surface area contributed by atoms with E-state index in [2.05, 4.69) is 31.1 Å². The molecule has 1 N–H and O–H groups in total. The summed E-state index contributed by atoms with van der Waals surface area (Å²) in [6, 6.07) is 5.99. The van der Waals surface area contributed by atoms with Crippen LogP contribution in [0, 0.1) is 20.8 Å². The van der Waals surface area contributed by atoms with Crippen molar-refractivity contribution in [3.05, 3.63) is 52.2 Å². The van der Waals surface area contributed by atoms with Crippen molar-refractivity contribution in [1.29, 1.82) is 0 Å². The number of carbonyl (C=O) groups is 1. The van der Waals surface area contributed by atoms with Gasteiger partial charge in [0.15, 0.2) is 5.82 Å². The molecule has 0 radical (unpaired) electrons. The van der Waals surface area contributed by atoms with Gasteiger partial charge in [-0.3, -0.25) is 9.78 Å². The smallest absolute Gasteiger partial charge is 0.252 e. The minimum absolute atomic E-state index is 0.0941. The zero-order chi connectivity index (χ0) is 19.0. The molecule has 1 aliphatic heterocycles. The van der Waals surface area contributed by atoms with Crippen LogP contribution in [-0.4, -0.2) is 25.7 Å². The van der Waals surface area contributed by atoms with Gasteiger partial charge in [0.1, 0.15) is 5.82 Å². The normalized spacial score (nSPS) is 14.0. The maximum absolute atomic E-state index is 13.0. The van der Waals surface area contributed by atoms with E-state index < -0.39 is 0 Å². The molecule has 0 bridgehead atoms. The van der Waals surface area contributed by atoms with E-state index in [0.717, 1.165) is 65.2 Å². The first-order valence-corrected chi connectivity index (χ1v) is 9.60. The molecule has 0 saturated heterocycles. The van der Waals surface area contributed by atoms with Gasteiger partial charge < -0.3 is 9.88 Å². The van der Waals surface area contributed by atoms with Crippen LogP contribution in [-0.2, 0) is 19.5 Å². The van der Waals surface area contributed by atoms with Gasteiger partial charge in [0.2, 0.25) is 0 Å². The van der Waals surface area contributed by atoms with Crippen molar-refractivity contribution in [1.82, 2.24) is 25.1 Å². The van der Waals surface area contributed by atoms with Gasteiger partial charge in [-0.1, -0.05) is 12.5 Å². The number of amides is 1. The third-order valence-corrected chi connectivity index (χ3v) is 5.22. The van der Waals surface area contributed by atoms with Crippen LogP contribution < -0.4 is 5.32 Å². The van der Waals surface area contributed by atoms with Crippen LogP contribution >= 0.6 is 0 Å². The Morgan fingerprint density at radius 3 is 2.81 bits per heavy atom. The predicted molar refractivity (Wildman–Crippen MR) is 105 cm³/mol. The minimum Gasteiger partial charge on any atom is -0.345 e. The number of benzene rings is 1. The van der Waals surface area contributed by atoms with Crippen LogP contribution in [0.1, 0.15) is 58.1 Å². The van der Waals surface area contributed by atoms with Crippen LogP contribution in [0.2, 0.25) is 0 Å². The summed E-state index contributed by atoms with van der Waals surface area (Å²) in [5, 5.41) is 12.6. The van der Waals surface area contributed by atoms with Crippen molar-refractivity contribution in [2.45, 2.75) is 59.5 Å². The third-order valence-electron chi connectivity index (χ3n) is 5.22. The molecule has 6 heteroatoms. The van der Waals surface area contributed by atoms with Gasteiger partial charge in [0, 0.05) is 24.0 Å². The molecule has 3 aromatic rings. The number of aryl methyl sites for hydroxylation is 4. The minimum atomic E-state index is -0.0941. The Labute approximate surface area is 159 Å². The molecule has 2 aromatic heterocycles. The number of hydrogen-bond acceptors (Lipinski definition) is 4. The van der Waals surface area contributed by atoms with E-state index >= 15 is 0 Å². The van der Waals surface area contributed by atoms with Gasteiger partial charge in [-0.2, -0.15) is 0 Å². The van der Waals surface area contributed by atoms with Crippen molar-refractivity contribution < 1.29 is 4.79 Å². The van der Waals surface area contributed by atoms with Crippen LogP contribution in [0.3, 0.4) is 0 Å². The maximum Gasteiger partial charge on any atom is 0.252 e. The van der Waals surface area contributed by atoms with Crippen molar-refractivity contribution in [3.63, 3.8) is 0 Å². The Morgan fingerprint density at radius 2 is 1.96 bits per heavy atom. The highest BCUT2D eigenvalue weighted by atomic mass is 16.1. The molecular weight excluding hydrogens is 338 g/mol. The molecule has 27 heavy (non-hydrogen) atoms. The summed E-state index contributed by atoms with van der Waals surface area (Å²) in [5.41, 5.74) is 4.60. The highest BCUT2D eigenvalue weighted by Crippen LogP contribution is 2.24. The summed E-state index contributed by atoms with van der Waals surface area (Å²) in [6.45, 7) is 7.32. The standard InChI is InChI=1S/C21H25N5O/c1-13-9-14(2)20-16(11-15(3)23-17(20)10-13)21(27)22-12-19-25-24-18-7-5-4-6-8-26(18)19/h9-11H,4-8,12H2,1-3H3,(H,22,27). The summed E-state index contributed by atoms with van der Waals surface area (Å²) in [6.07, 6.45) is 4.48. The molecule has 1 aromatic carbocycles. The van der Waals surface area contributed by atoms with E-state index in [1.165, 1.54) is 6.42 Å². The fourth-order valence-corrected chi connectivity index (χ4v) is 4.00. The second-order valence-corrected chi connectivity index (χ2v) is 7.46. The Bertz CT molecular complexity index is 1020. The number of nitrogens with zero attached hydrogens (tertiary/aromatic N) is 4. The Morgan fingerprint density at radius 1 is 1.11 bits per heavy atom. The number of fused-ring (bicyclic) bond motifs is 2. The van der Waals surface area contributed by atoms with Crippen LogP contribution in [0.4, 0.5) is 0 Å². The average Bonchev–Trinajstić information content (AvgIpc) is 2.84. The van der Waals surface area contributed by atoms with Crippen molar-refractivity contribution in [2.75, 3.05) is 0 Å².